The molecule has 1 N–H and O–H groups in total. The maximum absolute atomic E-state index is 12.5. The van der Waals surface area contributed by atoms with Crippen molar-refractivity contribution in [1.29, 1.82) is 0 Å². The molecule has 5 nitrogen and oxygen atoms in total. The molecule has 3 aromatic rings. The van der Waals surface area contributed by atoms with Crippen molar-refractivity contribution in [3.05, 3.63) is 81.7 Å². The summed E-state index contributed by atoms with van der Waals surface area (Å²) in [5.74, 6) is 0.934. The van der Waals surface area contributed by atoms with Gasteiger partial charge >= 0.3 is 0 Å². The van der Waals surface area contributed by atoms with Crippen LogP contribution in [-0.4, -0.2) is 23.9 Å². The van der Waals surface area contributed by atoms with Crippen LogP contribution in [0.5, 0.6) is 5.75 Å². The van der Waals surface area contributed by atoms with Gasteiger partial charge in [0, 0.05) is 17.3 Å². The number of benzene rings is 2. The molecule has 0 aliphatic carbocycles. The summed E-state index contributed by atoms with van der Waals surface area (Å²) in [6, 6.07) is 16.3. The van der Waals surface area contributed by atoms with Crippen molar-refractivity contribution in [2.45, 2.75) is 32.4 Å². The van der Waals surface area contributed by atoms with Crippen molar-refractivity contribution < 1.29 is 13.9 Å². The summed E-state index contributed by atoms with van der Waals surface area (Å²) >= 11 is 12.0. The molecule has 0 atom stereocenters. The van der Waals surface area contributed by atoms with Gasteiger partial charge in [-0.25, -0.2) is 0 Å². The summed E-state index contributed by atoms with van der Waals surface area (Å²) < 4.78 is 11.3. The fourth-order valence-electron chi connectivity index (χ4n) is 3.58. The summed E-state index contributed by atoms with van der Waals surface area (Å²) in [7, 11) is 0. The van der Waals surface area contributed by atoms with Gasteiger partial charge in [0.2, 0.25) is 0 Å². The normalized spacial score (nSPS) is 14.4. The van der Waals surface area contributed by atoms with Gasteiger partial charge in [0.05, 0.1) is 5.02 Å². The van der Waals surface area contributed by atoms with Crippen LogP contribution in [0.2, 0.25) is 10.0 Å². The Hall–Kier alpha value is -2.47. The molecule has 1 aliphatic rings. The number of carbonyl (C=O) groups excluding carboxylic acids is 1. The van der Waals surface area contributed by atoms with Gasteiger partial charge in [-0.05, 0) is 74.0 Å². The van der Waals surface area contributed by atoms with Crippen LogP contribution in [0, 0.1) is 0 Å². The molecule has 1 amide bonds. The minimum atomic E-state index is -0.306. The number of hydrogen-bond acceptors (Lipinski definition) is 4. The quantitative estimate of drug-likeness (QED) is 0.444. The largest absolute Gasteiger partial charge is 0.484 e. The highest BCUT2D eigenvalue weighted by Gasteiger charge is 2.14. The van der Waals surface area contributed by atoms with E-state index in [1.54, 1.807) is 30.3 Å². The van der Waals surface area contributed by atoms with Gasteiger partial charge in [-0.2, -0.15) is 0 Å². The minimum absolute atomic E-state index is 0.153. The molecule has 0 saturated carbocycles. The zero-order chi connectivity index (χ0) is 21.6. The van der Waals surface area contributed by atoms with E-state index in [0.29, 0.717) is 21.6 Å². The summed E-state index contributed by atoms with van der Waals surface area (Å²) in [6.45, 7) is 3.42. The highest BCUT2D eigenvalue weighted by atomic mass is 35.5. The first-order valence-electron chi connectivity index (χ1n) is 10.4. The monoisotopic (exact) mass is 458 g/mol. The van der Waals surface area contributed by atoms with Gasteiger partial charge < -0.3 is 14.5 Å². The van der Waals surface area contributed by atoms with E-state index < -0.39 is 0 Å². The summed E-state index contributed by atoms with van der Waals surface area (Å²) in [5.41, 5.74) is 1.98. The maximum atomic E-state index is 12.5. The first-order chi connectivity index (χ1) is 15.1. The number of halogens is 2. The lowest BCUT2D eigenvalue weighted by Gasteiger charge is -2.26. The van der Waals surface area contributed by atoms with E-state index in [9.17, 15) is 4.79 Å². The number of hydrogen-bond donors (Lipinski definition) is 1. The number of nitrogens with one attached hydrogen (secondary N) is 1. The third kappa shape index (κ3) is 6.03. The number of amides is 1. The van der Waals surface area contributed by atoms with Crippen molar-refractivity contribution in [3.63, 3.8) is 0 Å². The molecule has 0 radical (unpaired) electrons. The van der Waals surface area contributed by atoms with Gasteiger partial charge in [0.25, 0.3) is 5.91 Å². The molecule has 0 unspecified atom stereocenters. The second-order valence-corrected chi connectivity index (χ2v) is 8.46. The minimum Gasteiger partial charge on any atom is -0.484 e. The second kappa shape index (κ2) is 10.2. The molecule has 162 valence electrons. The van der Waals surface area contributed by atoms with Gasteiger partial charge in [-0.15, -0.1) is 0 Å². The van der Waals surface area contributed by atoms with Gasteiger partial charge in [0.15, 0.2) is 5.76 Å². The average Bonchev–Trinajstić information content (AvgIpc) is 3.25. The summed E-state index contributed by atoms with van der Waals surface area (Å²) in [4.78, 5) is 15.0. The van der Waals surface area contributed by atoms with Crippen molar-refractivity contribution in [3.8, 4) is 5.75 Å². The number of anilines is 1. The van der Waals surface area contributed by atoms with Crippen LogP contribution in [-0.2, 0) is 13.2 Å². The van der Waals surface area contributed by atoms with Crippen molar-refractivity contribution >= 4 is 34.8 Å². The predicted molar refractivity (Wildman–Crippen MR) is 123 cm³/mol. The fraction of sp³-hybridized carbons (Fsp3) is 0.292. The van der Waals surface area contributed by atoms with E-state index in [-0.39, 0.29) is 18.3 Å². The Balaban J connectivity index is 1.30. The Morgan fingerprint density at radius 3 is 2.52 bits per heavy atom. The number of carbonyl (C=O) groups is 1. The Morgan fingerprint density at radius 1 is 1.00 bits per heavy atom. The number of nitrogens with zero attached hydrogens (tertiary/aromatic N) is 1. The Bertz CT molecular complexity index is 1030. The Labute approximate surface area is 191 Å². The number of ether oxygens (including phenoxy) is 1. The maximum Gasteiger partial charge on any atom is 0.291 e. The van der Waals surface area contributed by atoms with Crippen LogP contribution in [0.15, 0.2) is 59.0 Å². The van der Waals surface area contributed by atoms with Gasteiger partial charge in [0.1, 0.15) is 18.1 Å². The SMILES string of the molecule is O=C(Nc1ccc(CN2CCCCC2)cc1)c1ccc(COc2ccc(Cl)cc2Cl)o1. The number of furan rings is 1. The predicted octanol–water partition coefficient (Wildman–Crippen LogP) is 6.40. The van der Waals surface area contributed by atoms with Crippen molar-refractivity contribution in [2.24, 2.45) is 0 Å². The third-order valence-corrected chi connectivity index (χ3v) is 5.75. The smallest absolute Gasteiger partial charge is 0.291 e. The molecular weight excluding hydrogens is 435 g/mol. The molecule has 1 aliphatic heterocycles. The van der Waals surface area contributed by atoms with E-state index in [1.807, 2.05) is 12.1 Å². The van der Waals surface area contributed by atoms with E-state index in [4.69, 9.17) is 32.4 Å². The number of piperidine rings is 1. The van der Waals surface area contributed by atoms with Crippen LogP contribution in [0.25, 0.3) is 0 Å². The van der Waals surface area contributed by atoms with Crippen LogP contribution < -0.4 is 10.1 Å². The van der Waals surface area contributed by atoms with Crippen LogP contribution in [0.4, 0.5) is 5.69 Å². The lowest BCUT2D eigenvalue weighted by molar-refractivity contribution is 0.0992. The highest BCUT2D eigenvalue weighted by molar-refractivity contribution is 6.35. The summed E-state index contributed by atoms with van der Waals surface area (Å²) in [6.07, 6.45) is 3.88. The first-order valence-corrected chi connectivity index (χ1v) is 11.1. The summed E-state index contributed by atoms with van der Waals surface area (Å²) in [5, 5.41) is 3.82. The second-order valence-electron chi connectivity index (χ2n) is 7.62. The van der Waals surface area contributed by atoms with Crippen LogP contribution in [0.1, 0.15) is 41.1 Å². The molecule has 7 heteroatoms. The zero-order valence-electron chi connectivity index (χ0n) is 17.1. The molecule has 2 aromatic carbocycles. The van der Waals surface area contributed by atoms with Crippen molar-refractivity contribution in [1.82, 2.24) is 4.90 Å². The van der Waals surface area contributed by atoms with Gasteiger partial charge in [-0.1, -0.05) is 41.8 Å². The Morgan fingerprint density at radius 2 is 1.77 bits per heavy atom. The Kier molecular flexibility index (Phi) is 7.17. The number of rotatable bonds is 7. The van der Waals surface area contributed by atoms with E-state index in [1.165, 1.54) is 24.8 Å². The molecular formula is C24H24Cl2N2O3. The van der Waals surface area contributed by atoms with Gasteiger partial charge in [-0.3, -0.25) is 9.69 Å². The van der Waals surface area contributed by atoms with E-state index in [0.717, 1.165) is 25.3 Å². The van der Waals surface area contributed by atoms with Crippen molar-refractivity contribution in [2.75, 3.05) is 18.4 Å². The molecule has 1 aromatic heterocycles. The highest BCUT2D eigenvalue weighted by Crippen LogP contribution is 2.28. The standard InChI is InChI=1S/C24H24Cl2N2O3/c25-18-6-10-22(21(26)14-18)30-16-20-9-11-23(31-20)24(29)27-19-7-4-17(5-8-19)15-28-12-2-1-3-13-28/h4-11,14H,1-3,12-13,15-16H2,(H,27,29). The number of likely N-dealkylation sites (tertiary alicyclic amines) is 1. The van der Waals surface area contributed by atoms with E-state index >= 15 is 0 Å². The molecule has 1 saturated heterocycles. The first kappa shape index (κ1) is 21.8. The fourth-order valence-corrected chi connectivity index (χ4v) is 4.04. The lowest BCUT2D eigenvalue weighted by Crippen LogP contribution is -2.29. The van der Waals surface area contributed by atoms with E-state index in [2.05, 4.69) is 22.3 Å². The molecule has 2 heterocycles. The molecule has 31 heavy (non-hydrogen) atoms. The van der Waals surface area contributed by atoms with Crippen LogP contribution in [0.3, 0.4) is 0 Å². The molecule has 0 bridgehead atoms. The topological polar surface area (TPSA) is 54.7 Å². The molecule has 4 rings (SSSR count). The third-order valence-electron chi connectivity index (χ3n) is 5.22. The average molecular weight is 459 g/mol. The molecule has 0 spiro atoms. The lowest BCUT2D eigenvalue weighted by atomic mass is 10.1. The van der Waals surface area contributed by atoms with Crippen LogP contribution >= 0.6 is 23.2 Å². The molecule has 1 fully saturated rings. The zero-order valence-corrected chi connectivity index (χ0v) is 18.6.